The van der Waals surface area contributed by atoms with Gasteiger partial charge in [-0.15, -0.1) is 0 Å². The number of allylic oxidation sites excluding steroid dienone is 1. The third-order valence-corrected chi connectivity index (χ3v) is 6.06. The Morgan fingerprint density at radius 3 is 2.54 bits per heavy atom. The average molecular weight is 498 g/mol. The molecule has 10 heteroatoms. The van der Waals surface area contributed by atoms with Gasteiger partial charge in [-0.1, -0.05) is 37.6 Å². The van der Waals surface area contributed by atoms with E-state index < -0.39 is 17.4 Å². The van der Waals surface area contributed by atoms with E-state index in [-0.39, 0.29) is 39.1 Å². The number of aromatic hydroxyl groups is 1. The first-order valence-electron chi connectivity index (χ1n) is 11.0. The zero-order valence-corrected chi connectivity index (χ0v) is 19.9. The second-order valence-electron chi connectivity index (χ2n) is 8.49. The molecule has 2 aromatic carbocycles. The largest absolute Gasteiger partial charge is 0.507 e. The van der Waals surface area contributed by atoms with E-state index in [1.165, 1.54) is 24.5 Å². The summed E-state index contributed by atoms with van der Waals surface area (Å²) in [5.41, 5.74) is -0.580. The Labute approximate surface area is 205 Å². The number of amides is 1. The predicted molar refractivity (Wildman–Crippen MR) is 129 cm³/mol. The summed E-state index contributed by atoms with van der Waals surface area (Å²) in [6.07, 6.45) is 2.85. The number of hydrogen-bond acceptors (Lipinski definition) is 6. The van der Waals surface area contributed by atoms with Gasteiger partial charge in [0.05, 0.1) is 10.6 Å². The summed E-state index contributed by atoms with van der Waals surface area (Å²) in [4.78, 5) is 24.5. The van der Waals surface area contributed by atoms with Gasteiger partial charge in [0.2, 0.25) is 0 Å². The first kappa shape index (κ1) is 24.4. The van der Waals surface area contributed by atoms with Crippen molar-refractivity contribution in [3.8, 4) is 22.9 Å². The molecule has 1 saturated heterocycles. The Morgan fingerprint density at radius 1 is 1.20 bits per heavy atom. The molecule has 0 aliphatic carbocycles. The molecular weight excluding hydrogens is 476 g/mol. The van der Waals surface area contributed by atoms with Crippen LogP contribution in [0.1, 0.15) is 13.8 Å². The quantitative estimate of drug-likeness (QED) is 0.415. The molecule has 1 N–H and O–H groups in total. The molecule has 0 atom stereocenters. The van der Waals surface area contributed by atoms with Crippen molar-refractivity contribution >= 4 is 34.2 Å². The second kappa shape index (κ2) is 9.84. The molecule has 1 aliphatic heterocycles. The summed E-state index contributed by atoms with van der Waals surface area (Å²) in [5.74, 6) is -1.96. The molecule has 7 nitrogen and oxygen atoms in total. The lowest BCUT2D eigenvalue weighted by molar-refractivity contribution is -0.127. The number of aromatic nitrogens is 2. The smallest absolute Gasteiger partial charge is 0.264 e. The molecule has 0 saturated carbocycles. The Bertz CT molecular complexity index is 1360. The monoisotopic (exact) mass is 497 g/mol. The van der Waals surface area contributed by atoms with E-state index in [4.69, 9.17) is 11.6 Å². The number of carbonyl (C=O) groups excluding carboxylic acids is 1. The molecular formula is C25H22ClF2N5O2. The van der Waals surface area contributed by atoms with E-state index in [0.29, 0.717) is 37.4 Å². The number of fused-ring (bicyclic) bond motifs is 1. The predicted octanol–water partition coefficient (Wildman–Crippen LogP) is 4.69. The van der Waals surface area contributed by atoms with Crippen LogP contribution < -0.4 is 4.90 Å². The number of rotatable bonds is 4. The molecule has 0 radical (unpaired) electrons. The second-order valence-corrected chi connectivity index (χ2v) is 8.90. The van der Waals surface area contributed by atoms with E-state index in [1.54, 1.807) is 11.0 Å². The zero-order chi connectivity index (χ0) is 25.3. The van der Waals surface area contributed by atoms with Crippen LogP contribution in [0.2, 0.25) is 5.02 Å². The summed E-state index contributed by atoms with van der Waals surface area (Å²) < 4.78 is 30.0. The SMILES string of the molecule is CC(C)/C=C(/C#N)C(=O)N1CCN(c2ncnc3c(F)c(-c4c(O)cccc4F)c(Cl)cc23)CC1. The summed E-state index contributed by atoms with van der Waals surface area (Å²) in [7, 11) is 0. The summed E-state index contributed by atoms with van der Waals surface area (Å²) in [6, 6.07) is 7.09. The number of piperazine rings is 1. The Kier molecular flexibility index (Phi) is 6.85. The molecule has 0 spiro atoms. The molecule has 2 heterocycles. The van der Waals surface area contributed by atoms with Gasteiger partial charge in [0.15, 0.2) is 5.82 Å². The van der Waals surface area contributed by atoms with Crippen LogP contribution in [0.5, 0.6) is 5.75 Å². The fraction of sp³-hybridized carbons (Fsp3) is 0.280. The third-order valence-electron chi connectivity index (χ3n) is 5.76. The lowest BCUT2D eigenvalue weighted by atomic mass is 10.0. The van der Waals surface area contributed by atoms with Gasteiger partial charge < -0.3 is 14.9 Å². The van der Waals surface area contributed by atoms with Crippen molar-refractivity contribution in [1.82, 2.24) is 14.9 Å². The first-order valence-corrected chi connectivity index (χ1v) is 11.4. The van der Waals surface area contributed by atoms with Crippen LogP contribution in [0, 0.1) is 28.9 Å². The number of anilines is 1. The molecule has 1 aliphatic rings. The number of nitrogens with zero attached hydrogens (tertiary/aromatic N) is 5. The number of hydrogen-bond donors (Lipinski definition) is 1. The fourth-order valence-electron chi connectivity index (χ4n) is 4.14. The lowest BCUT2D eigenvalue weighted by Crippen LogP contribution is -2.49. The van der Waals surface area contributed by atoms with Crippen LogP contribution >= 0.6 is 11.6 Å². The van der Waals surface area contributed by atoms with Crippen molar-refractivity contribution in [1.29, 1.82) is 5.26 Å². The highest BCUT2D eigenvalue weighted by Gasteiger charge is 2.27. The standard InChI is InChI=1S/C25H22ClF2N5O2/c1-14(2)10-15(12-29)25(35)33-8-6-32(7-9-33)24-16-11-17(26)20(22(28)23(16)30-13-31-24)21-18(27)4-3-5-19(21)34/h3-5,10-11,13-14,34H,6-9H2,1-2H3/b15-10-. The number of nitriles is 1. The van der Waals surface area contributed by atoms with E-state index in [1.807, 2.05) is 24.8 Å². The van der Waals surface area contributed by atoms with Gasteiger partial charge in [-0.3, -0.25) is 4.79 Å². The number of halogens is 3. The Hall–Kier alpha value is -3.77. The highest BCUT2D eigenvalue weighted by Crippen LogP contribution is 2.42. The van der Waals surface area contributed by atoms with Gasteiger partial charge in [0.1, 0.15) is 40.9 Å². The van der Waals surface area contributed by atoms with Crippen LogP contribution in [0.25, 0.3) is 22.0 Å². The minimum absolute atomic E-state index is 0.0674. The number of carbonyl (C=O) groups is 1. The maximum Gasteiger partial charge on any atom is 0.264 e. The zero-order valence-electron chi connectivity index (χ0n) is 19.1. The molecule has 3 aromatic rings. The minimum Gasteiger partial charge on any atom is -0.507 e. The molecule has 180 valence electrons. The van der Waals surface area contributed by atoms with Crippen molar-refractivity contribution in [2.24, 2.45) is 5.92 Å². The van der Waals surface area contributed by atoms with Gasteiger partial charge in [0, 0.05) is 37.1 Å². The van der Waals surface area contributed by atoms with Crippen LogP contribution in [-0.4, -0.2) is 52.1 Å². The van der Waals surface area contributed by atoms with E-state index >= 15 is 4.39 Å². The van der Waals surface area contributed by atoms with Gasteiger partial charge in [-0.25, -0.2) is 18.7 Å². The third kappa shape index (κ3) is 4.62. The number of phenolic OH excluding ortho intramolecular Hbond substituents is 1. The van der Waals surface area contributed by atoms with Crippen molar-refractivity contribution in [3.05, 3.63) is 58.9 Å². The van der Waals surface area contributed by atoms with Crippen molar-refractivity contribution in [3.63, 3.8) is 0 Å². The normalized spacial score (nSPS) is 14.5. The van der Waals surface area contributed by atoms with Gasteiger partial charge in [-0.2, -0.15) is 5.26 Å². The number of benzene rings is 2. The maximum atomic E-state index is 15.6. The van der Waals surface area contributed by atoms with Gasteiger partial charge in [0.25, 0.3) is 5.91 Å². The van der Waals surface area contributed by atoms with Crippen molar-refractivity contribution in [2.75, 3.05) is 31.1 Å². The van der Waals surface area contributed by atoms with Crippen LogP contribution in [0.3, 0.4) is 0 Å². The van der Waals surface area contributed by atoms with Crippen LogP contribution in [0.15, 0.2) is 42.2 Å². The maximum absolute atomic E-state index is 15.6. The molecule has 4 rings (SSSR count). The molecule has 0 bridgehead atoms. The number of phenols is 1. The topological polar surface area (TPSA) is 93.4 Å². The van der Waals surface area contributed by atoms with E-state index in [9.17, 15) is 19.6 Å². The molecule has 1 fully saturated rings. The Balaban J connectivity index is 1.66. The summed E-state index contributed by atoms with van der Waals surface area (Å²) in [6.45, 7) is 5.27. The first-order chi connectivity index (χ1) is 16.7. The molecule has 0 unspecified atom stereocenters. The van der Waals surface area contributed by atoms with Gasteiger partial charge >= 0.3 is 0 Å². The van der Waals surface area contributed by atoms with Crippen molar-refractivity contribution < 1.29 is 18.7 Å². The van der Waals surface area contributed by atoms with E-state index in [0.717, 1.165) is 6.07 Å². The average Bonchev–Trinajstić information content (AvgIpc) is 2.83. The highest BCUT2D eigenvalue weighted by molar-refractivity contribution is 6.34. The van der Waals surface area contributed by atoms with Crippen LogP contribution in [0.4, 0.5) is 14.6 Å². The van der Waals surface area contributed by atoms with E-state index in [2.05, 4.69) is 9.97 Å². The van der Waals surface area contributed by atoms with Crippen LogP contribution in [-0.2, 0) is 4.79 Å². The van der Waals surface area contributed by atoms with Gasteiger partial charge in [-0.05, 0) is 24.1 Å². The molecule has 1 aromatic heterocycles. The summed E-state index contributed by atoms with van der Waals surface area (Å²) in [5, 5.41) is 19.7. The lowest BCUT2D eigenvalue weighted by Gasteiger charge is -2.35. The fourth-order valence-corrected chi connectivity index (χ4v) is 4.43. The molecule has 1 amide bonds. The molecule has 35 heavy (non-hydrogen) atoms. The van der Waals surface area contributed by atoms with Crippen molar-refractivity contribution in [2.45, 2.75) is 13.8 Å². The highest BCUT2D eigenvalue weighted by atomic mass is 35.5. The Morgan fingerprint density at radius 2 is 1.91 bits per heavy atom. The minimum atomic E-state index is -0.872. The summed E-state index contributed by atoms with van der Waals surface area (Å²) >= 11 is 6.37.